The minimum Gasteiger partial charge on any atom is -0.369 e. The summed E-state index contributed by atoms with van der Waals surface area (Å²) in [5.74, 6) is 6.06. The van der Waals surface area contributed by atoms with E-state index in [0.717, 1.165) is 34.4 Å². The first-order chi connectivity index (χ1) is 15.9. The maximum atomic E-state index is 11.9. The van der Waals surface area contributed by atoms with Gasteiger partial charge in [-0.25, -0.2) is 5.84 Å². The van der Waals surface area contributed by atoms with Crippen LogP contribution in [0.3, 0.4) is 0 Å². The number of rotatable bonds is 4. The summed E-state index contributed by atoms with van der Waals surface area (Å²) < 4.78 is 0. The SMILES string of the molecule is NC(=O)[C@H]1CCC(C2=CCN(c3ccc4cn[nH]c4c3)C(N)N2N)N(c2ccc(Cl)cc2)C1. The Kier molecular flexibility index (Phi) is 5.61. The van der Waals surface area contributed by atoms with Crippen LogP contribution in [0.15, 0.2) is 60.4 Å². The summed E-state index contributed by atoms with van der Waals surface area (Å²) in [5, 5.41) is 10.4. The van der Waals surface area contributed by atoms with Crippen LogP contribution < -0.4 is 27.1 Å². The largest absolute Gasteiger partial charge is 0.369 e. The van der Waals surface area contributed by atoms with E-state index in [9.17, 15) is 4.79 Å². The van der Waals surface area contributed by atoms with Crippen LogP contribution in [-0.2, 0) is 4.79 Å². The Morgan fingerprint density at radius 3 is 2.61 bits per heavy atom. The van der Waals surface area contributed by atoms with E-state index in [2.05, 4.69) is 21.2 Å². The highest BCUT2D eigenvalue weighted by Gasteiger charge is 2.38. The number of primary amides is 1. The molecule has 1 saturated heterocycles. The molecule has 33 heavy (non-hydrogen) atoms. The molecule has 0 spiro atoms. The molecule has 5 rings (SSSR count). The smallest absolute Gasteiger partial charge is 0.222 e. The average Bonchev–Trinajstić information content (AvgIpc) is 3.29. The number of hydrogen-bond donors (Lipinski definition) is 4. The van der Waals surface area contributed by atoms with Crippen LogP contribution in [0.2, 0.25) is 5.02 Å². The molecule has 0 bridgehead atoms. The standard InChI is InChI=1S/C23H27ClN8O/c24-16-3-6-17(7-4-16)31-13-15(22(25)33)2-8-20(31)21-9-10-30(23(26)32(21)27)18-5-1-14-12-28-29-19(14)11-18/h1,3-7,9,11-12,15,20,23H,2,8,10,13,26-27H2,(H2,25,33)(H,28,29)/t15-,20?,23?/m0/s1. The predicted octanol–water partition coefficient (Wildman–Crippen LogP) is 2.11. The molecule has 10 heteroatoms. The first-order valence-electron chi connectivity index (χ1n) is 10.9. The number of nitrogens with one attached hydrogen (secondary N) is 1. The van der Waals surface area contributed by atoms with Crippen LogP contribution in [0.4, 0.5) is 11.4 Å². The Morgan fingerprint density at radius 1 is 1.09 bits per heavy atom. The fraction of sp³-hybridized carbons (Fsp3) is 0.304. The monoisotopic (exact) mass is 466 g/mol. The minimum absolute atomic E-state index is 0.0323. The van der Waals surface area contributed by atoms with Gasteiger partial charge in [0.2, 0.25) is 5.91 Å². The number of fused-ring (bicyclic) bond motifs is 1. The number of amides is 1. The number of aromatic amines is 1. The van der Waals surface area contributed by atoms with Gasteiger partial charge in [0.25, 0.3) is 0 Å². The van der Waals surface area contributed by atoms with Crippen molar-refractivity contribution in [3.05, 3.63) is 65.5 Å². The summed E-state index contributed by atoms with van der Waals surface area (Å²) in [4.78, 5) is 16.2. The van der Waals surface area contributed by atoms with Crippen molar-refractivity contribution in [1.29, 1.82) is 0 Å². The summed E-state index contributed by atoms with van der Waals surface area (Å²) in [6.45, 7) is 1.12. The summed E-state index contributed by atoms with van der Waals surface area (Å²) in [6, 6.07) is 13.6. The van der Waals surface area contributed by atoms with E-state index in [1.165, 1.54) is 0 Å². The second-order valence-corrected chi connectivity index (χ2v) is 9.00. The van der Waals surface area contributed by atoms with Gasteiger partial charge in [-0.1, -0.05) is 11.6 Å². The lowest BCUT2D eigenvalue weighted by atomic mass is 9.89. The molecule has 1 amide bonds. The molecule has 0 aliphatic carbocycles. The van der Waals surface area contributed by atoms with Crippen molar-refractivity contribution in [2.45, 2.75) is 25.2 Å². The highest BCUT2D eigenvalue weighted by atomic mass is 35.5. The third-order valence-corrected chi connectivity index (χ3v) is 6.89. The highest BCUT2D eigenvalue weighted by Crippen LogP contribution is 2.35. The zero-order chi connectivity index (χ0) is 23.1. The normalized spacial score (nSPS) is 23.7. The van der Waals surface area contributed by atoms with Crippen LogP contribution >= 0.6 is 11.6 Å². The Balaban J connectivity index is 1.45. The Morgan fingerprint density at radius 2 is 1.85 bits per heavy atom. The lowest BCUT2D eigenvalue weighted by Crippen LogP contribution is -2.63. The maximum absolute atomic E-state index is 11.9. The average molecular weight is 467 g/mol. The molecule has 9 nitrogen and oxygen atoms in total. The number of carbonyl (C=O) groups is 1. The number of H-pyrrole nitrogens is 1. The van der Waals surface area contributed by atoms with Gasteiger partial charge in [0.15, 0.2) is 6.29 Å². The molecule has 0 radical (unpaired) electrons. The van der Waals surface area contributed by atoms with Gasteiger partial charge in [-0.3, -0.25) is 20.6 Å². The molecule has 1 fully saturated rings. The third kappa shape index (κ3) is 3.99. The predicted molar refractivity (Wildman–Crippen MR) is 130 cm³/mol. The topological polar surface area (TPSA) is 134 Å². The van der Waals surface area contributed by atoms with Crippen LogP contribution in [-0.4, -0.2) is 46.5 Å². The first-order valence-corrected chi connectivity index (χ1v) is 11.3. The van der Waals surface area contributed by atoms with Gasteiger partial charge in [-0.05, 0) is 61.4 Å². The molecular formula is C23H27ClN8O. The molecule has 172 valence electrons. The molecule has 2 aliphatic rings. The van der Waals surface area contributed by atoms with Gasteiger partial charge in [0.05, 0.1) is 29.4 Å². The first kappa shape index (κ1) is 21.6. The van der Waals surface area contributed by atoms with E-state index >= 15 is 0 Å². The maximum Gasteiger partial charge on any atom is 0.222 e. The highest BCUT2D eigenvalue weighted by molar-refractivity contribution is 6.30. The fourth-order valence-corrected chi connectivity index (χ4v) is 4.93. The van der Waals surface area contributed by atoms with E-state index in [0.29, 0.717) is 24.5 Å². The van der Waals surface area contributed by atoms with E-state index in [-0.39, 0.29) is 17.9 Å². The number of nitrogens with zero attached hydrogens (tertiary/aromatic N) is 4. The zero-order valence-electron chi connectivity index (χ0n) is 18.1. The molecular weight excluding hydrogens is 440 g/mol. The Hall–Kier alpha value is -3.27. The number of aromatic nitrogens is 2. The van der Waals surface area contributed by atoms with E-state index in [1.807, 2.05) is 47.4 Å². The molecule has 7 N–H and O–H groups in total. The summed E-state index contributed by atoms with van der Waals surface area (Å²) in [6.07, 6.45) is 4.79. The van der Waals surface area contributed by atoms with Gasteiger partial charge in [0.1, 0.15) is 0 Å². The lowest BCUT2D eigenvalue weighted by Gasteiger charge is -2.48. The van der Waals surface area contributed by atoms with Crippen molar-refractivity contribution in [3.8, 4) is 0 Å². The van der Waals surface area contributed by atoms with Crippen molar-refractivity contribution >= 4 is 39.8 Å². The zero-order valence-corrected chi connectivity index (χ0v) is 18.8. The number of anilines is 2. The van der Waals surface area contributed by atoms with Gasteiger partial charge in [-0.15, -0.1) is 0 Å². The number of carbonyl (C=O) groups excluding carboxylic acids is 1. The molecule has 1 aromatic heterocycles. The minimum atomic E-state index is -0.550. The molecule has 2 unspecified atom stereocenters. The van der Waals surface area contributed by atoms with Crippen molar-refractivity contribution in [2.24, 2.45) is 23.2 Å². The second-order valence-electron chi connectivity index (χ2n) is 8.57. The fourth-order valence-electron chi connectivity index (χ4n) is 4.81. The number of benzene rings is 2. The van der Waals surface area contributed by atoms with Gasteiger partial charge in [0, 0.05) is 34.9 Å². The number of piperidine rings is 1. The van der Waals surface area contributed by atoms with Crippen LogP contribution in [0.1, 0.15) is 12.8 Å². The molecule has 2 aromatic carbocycles. The Labute approximate surface area is 196 Å². The molecule has 2 aliphatic heterocycles. The second kappa shape index (κ2) is 8.58. The number of halogens is 1. The quantitative estimate of drug-likeness (QED) is 0.432. The van der Waals surface area contributed by atoms with E-state index in [1.54, 1.807) is 11.2 Å². The summed E-state index contributed by atoms with van der Waals surface area (Å²) in [7, 11) is 0. The lowest BCUT2D eigenvalue weighted by molar-refractivity contribution is -0.122. The van der Waals surface area contributed by atoms with Crippen LogP contribution in [0.25, 0.3) is 10.9 Å². The molecule has 3 atom stereocenters. The summed E-state index contributed by atoms with van der Waals surface area (Å²) >= 11 is 6.10. The van der Waals surface area contributed by atoms with Crippen molar-refractivity contribution in [1.82, 2.24) is 15.2 Å². The number of hydrazine groups is 1. The van der Waals surface area contributed by atoms with E-state index < -0.39 is 6.29 Å². The van der Waals surface area contributed by atoms with Crippen molar-refractivity contribution < 1.29 is 4.79 Å². The number of nitrogens with two attached hydrogens (primary N) is 3. The molecule has 3 aromatic rings. The van der Waals surface area contributed by atoms with Gasteiger partial charge < -0.3 is 15.5 Å². The summed E-state index contributed by atoms with van der Waals surface area (Å²) in [5.41, 5.74) is 16.0. The van der Waals surface area contributed by atoms with Gasteiger partial charge in [-0.2, -0.15) is 5.10 Å². The van der Waals surface area contributed by atoms with Crippen molar-refractivity contribution in [2.75, 3.05) is 22.9 Å². The number of hydrogen-bond acceptors (Lipinski definition) is 7. The van der Waals surface area contributed by atoms with Crippen molar-refractivity contribution in [3.63, 3.8) is 0 Å². The van der Waals surface area contributed by atoms with E-state index in [4.69, 9.17) is 28.9 Å². The third-order valence-electron chi connectivity index (χ3n) is 6.64. The Bertz CT molecular complexity index is 1190. The molecule has 0 saturated carbocycles. The van der Waals surface area contributed by atoms with Crippen LogP contribution in [0, 0.1) is 5.92 Å². The van der Waals surface area contributed by atoms with Gasteiger partial charge >= 0.3 is 0 Å². The van der Waals surface area contributed by atoms with Crippen LogP contribution in [0.5, 0.6) is 0 Å². The molecule has 3 heterocycles.